The molecule has 0 saturated heterocycles. The maximum absolute atomic E-state index is 11.8. The molecule has 0 amide bonds. The first-order valence-electron chi connectivity index (χ1n) is 5.73. The number of carbonyl (C=O) groups excluding carboxylic acids is 1. The zero-order valence-corrected chi connectivity index (χ0v) is 10.1. The molecule has 2 rings (SSSR count). The van der Waals surface area contributed by atoms with Crippen LogP contribution in [0, 0.1) is 6.92 Å². The first-order valence-corrected chi connectivity index (χ1v) is 5.73. The van der Waals surface area contributed by atoms with Crippen LogP contribution >= 0.6 is 0 Å². The van der Waals surface area contributed by atoms with Crippen molar-refractivity contribution in [2.75, 3.05) is 0 Å². The van der Waals surface area contributed by atoms with Gasteiger partial charge in [0.1, 0.15) is 5.75 Å². The molecule has 0 fully saturated rings. The van der Waals surface area contributed by atoms with Crippen LogP contribution in [0.4, 0.5) is 0 Å². The summed E-state index contributed by atoms with van der Waals surface area (Å²) < 4.78 is 0. The normalized spacial score (nSPS) is 10.7. The van der Waals surface area contributed by atoms with E-state index in [1.807, 2.05) is 31.2 Å². The van der Waals surface area contributed by atoms with Crippen molar-refractivity contribution in [3.8, 4) is 5.75 Å². The predicted octanol–water partition coefficient (Wildman–Crippen LogP) is 3.60. The molecule has 0 aliphatic heterocycles. The molecule has 0 atom stereocenters. The number of hydrogen-bond donors (Lipinski definition) is 1. The van der Waals surface area contributed by atoms with Gasteiger partial charge in [0, 0.05) is 5.56 Å². The van der Waals surface area contributed by atoms with Crippen LogP contribution in [-0.4, -0.2) is 10.9 Å². The van der Waals surface area contributed by atoms with Gasteiger partial charge in [-0.05, 0) is 30.7 Å². The zero-order valence-electron chi connectivity index (χ0n) is 10.1. The van der Waals surface area contributed by atoms with Crippen molar-refractivity contribution in [1.82, 2.24) is 0 Å². The Balaban J connectivity index is 2.14. The van der Waals surface area contributed by atoms with Crippen LogP contribution in [0.15, 0.2) is 54.6 Å². The molecule has 0 spiro atoms. The number of hydrogen-bond acceptors (Lipinski definition) is 2. The molecule has 2 aromatic carbocycles. The van der Waals surface area contributed by atoms with E-state index < -0.39 is 0 Å². The molecule has 0 bridgehead atoms. The first kappa shape index (κ1) is 12.1. The van der Waals surface area contributed by atoms with Gasteiger partial charge in [0.2, 0.25) is 0 Å². The minimum atomic E-state index is -0.119. The number of ketones is 1. The maximum atomic E-state index is 11.8. The van der Waals surface area contributed by atoms with E-state index in [-0.39, 0.29) is 11.5 Å². The summed E-state index contributed by atoms with van der Waals surface area (Å²) in [7, 11) is 0. The van der Waals surface area contributed by atoms with Crippen LogP contribution in [0.25, 0.3) is 6.08 Å². The van der Waals surface area contributed by atoms with Gasteiger partial charge in [-0.25, -0.2) is 0 Å². The quantitative estimate of drug-likeness (QED) is 0.655. The van der Waals surface area contributed by atoms with Gasteiger partial charge in [-0.15, -0.1) is 0 Å². The maximum Gasteiger partial charge on any atom is 0.185 e. The lowest BCUT2D eigenvalue weighted by molar-refractivity contribution is 0.104. The predicted molar refractivity (Wildman–Crippen MR) is 72.7 cm³/mol. The molecule has 1 N–H and O–H groups in total. The molecule has 0 heterocycles. The summed E-state index contributed by atoms with van der Waals surface area (Å²) in [5.74, 6) is -0.0175. The Kier molecular flexibility index (Phi) is 3.58. The van der Waals surface area contributed by atoms with Gasteiger partial charge in [0.25, 0.3) is 0 Å². The van der Waals surface area contributed by atoms with Gasteiger partial charge in [-0.1, -0.05) is 48.0 Å². The van der Waals surface area contributed by atoms with Crippen molar-refractivity contribution < 1.29 is 9.90 Å². The Morgan fingerprint density at radius 3 is 2.50 bits per heavy atom. The molecule has 90 valence electrons. The molecule has 0 radical (unpaired) electrons. The standard InChI is InChI=1S/C16H14O2/c1-12-5-7-13(8-6-12)9-10-16(18)14-3-2-4-15(17)11-14/h2-11,17H,1H3/b10-9+. The number of carbonyl (C=O) groups is 1. The SMILES string of the molecule is Cc1ccc(/C=C/C(=O)c2cccc(O)c2)cc1. The van der Waals surface area contributed by atoms with Crippen LogP contribution < -0.4 is 0 Å². The smallest absolute Gasteiger partial charge is 0.185 e. The van der Waals surface area contributed by atoms with Crippen LogP contribution in [0.5, 0.6) is 5.75 Å². The van der Waals surface area contributed by atoms with Crippen LogP contribution in [0.1, 0.15) is 21.5 Å². The summed E-state index contributed by atoms with van der Waals surface area (Å²) >= 11 is 0. The van der Waals surface area contributed by atoms with Crippen molar-refractivity contribution in [3.63, 3.8) is 0 Å². The van der Waals surface area contributed by atoms with E-state index in [0.29, 0.717) is 5.56 Å². The lowest BCUT2D eigenvalue weighted by Crippen LogP contribution is -1.93. The van der Waals surface area contributed by atoms with E-state index in [2.05, 4.69) is 0 Å². The summed E-state index contributed by atoms with van der Waals surface area (Å²) in [6.45, 7) is 2.02. The fourth-order valence-corrected chi connectivity index (χ4v) is 1.60. The number of phenolic OH excluding ortho intramolecular Hbond substituents is 1. The van der Waals surface area contributed by atoms with Crippen molar-refractivity contribution in [3.05, 3.63) is 71.3 Å². The molecule has 2 aromatic rings. The van der Waals surface area contributed by atoms with E-state index in [1.165, 1.54) is 17.7 Å². The van der Waals surface area contributed by atoms with Crippen molar-refractivity contribution in [2.24, 2.45) is 0 Å². The summed E-state index contributed by atoms with van der Waals surface area (Å²) in [6.07, 6.45) is 3.28. The largest absolute Gasteiger partial charge is 0.508 e. The molecular weight excluding hydrogens is 224 g/mol. The molecular formula is C16H14O2. The number of benzene rings is 2. The molecule has 0 aromatic heterocycles. The molecule has 2 nitrogen and oxygen atoms in total. The first-order chi connectivity index (χ1) is 8.65. The average molecular weight is 238 g/mol. The van der Waals surface area contributed by atoms with E-state index >= 15 is 0 Å². The molecule has 0 unspecified atom stereocenters. The zero-order chi connectivity index (χ0) is 13.0. The Labute approximate surface area is 106 Å². The topological polar surface area (TPSA) is 37.3 Å². The number of phenols is 1. The van der Waals surface area contributed by atoms with Crippen molar-refractivity contribution >= 4 is 11.9 Å². The Hall–Kier alpha value is -2.35. The van der Waals surface area contributed by atoms with Gasteiger partial charge in [0.05, 0.1) is 0 Å². The highest BCUT2D eigenvalue weighted by Crippen LogP contribution is 2.12. The summed E-state index contributed by atoms with van der Waals surface area (Å²) in [5.41, 5.74) is 2.65. The Bertz CT molecular complexity index is 580. The van der Waals surface area contributed by atoms with E-state index in [9.17, 15) is 9.90 Å². The second kappa shape index (κ2) is 5.32. The minimum absolute atomic E-state index is 0.101. The molecule has 0 aliphatic carbocycles. The molecule has 0 saturated carbocycles. The highest BCUT2D eigenvalue weighted by molar-refractivity contribution is 6.07. The van der Waals surface area contributed by atoms with Crippen LogP contribution in [0.3, 0.4) is 0 Å². The Morgan fingerprint density at radius 1 is 1.11 bits per heavy atom. The van der Waals surface area contributed by atoms with E-state index in [4.69, 9.17) is 0 Å². The third-order valence-electron chi connectivity index (χ3n) is 2.64. The third-order valence-corrected chi connectivity index (χ3v) is 2.64. The summed E-state index contributed by atoms with van der Waals surface area (Å²) in [4.78, 5) is 11.8. The van der Waals surface area contributed by atoms with E-state index in [1.54, 1.807) is 24.3 Å². The van der Waals surface area contributed by atoms with Crippen molar-refractivity contribution in [2.45, 2.75) is 6.92 Å². The monoisotopic (exact) mass is 238 g/mol. The van der Waals surface area contributed by atoms with Gasteiger partial charge >= 0.3 is 0 Å². The average Bonchev–Trinajstić information content (AvgIpc) is 2.38. The second-order valence-corrected chi connectivity index (χ2v) is 4.16. The highest BCUT2D eigenvalue weighted by Gasteiger charge is 2.01. The molecule has 0 aliphatic rings. The number of rotatable bonds is 3. The number of aryl methyl sites for hydroxylation is 1. The molecule has 2 heteroatoms. The van der Waals surface area contributed by atoms with Gasteiger partial charge in [-0.2, -0.15) is 0 Å². The second-order valence-electron chi connectivity index (χ2n) is 4.16. The van der Waals surface area contributed by atoms with Crippen molar-refractivity contribution in [1.29, 1.82) is 0 Å². The Morgan fingerprint density at radius 2 is 1.83 bits per heavy atom. The third kappa shape index (κ3) is 3.08. The summed E-state index contributed by atoms with van der Waals surface area (Å²) in [5, 5.41) is 9.30. The van der Waals surface area contributed by atoms with Gasteiger partial charge in [-0.3, -0.25) is 4.79 Å². The number of aromatic hydroxyl groups is 1. The highest BCUT2D eigenvalue weighted by atomic mass is 16.3. The number of allylic oxidation sites excluding steroid dienone is 1. The summed E-state index contributed by atoms with van der Waals surface area (Å²) in [6, 6.07) is 14.3. The van der Waals surface area contributed by atoms with Gasteiger partial charge < -0.3 is 5.11 Å². The fourth-order valence-electron chi connectivity index (χ4n) is 1.60. The lowest BCUT2D eigenvalue weighted by atomic mass is 10.1. The van der Waals surface area contributed by atoms with Crippen LogP contribution in [-0.2, 0) is 0 Å². The molecule has 18 heavy (non-hydrogen) atoms. The lowest BCUT2D eigenvalue weighted by Gasteiger charge is -1.97. The van der Waals surface area contributed by atoms with E-state index in [0.717, 1.165) is 5.56 Å². The van der Waals surface area contributed by atoms with Gasteiger partial charge in [0.15, 0.2) is 5.78 Å². The fraction of sp³-hybridized carbons (Fsp3) is 0.0625. The minimum Gasteiger partial charge on any atom is -0.508 e. The van der Waals surface area contributed by atoms with Crippen LogP contribution in [0.2, 0.25) is 0 Å².